The Kier molecular flexibility index (Phi) is 6.69. The van der Waals surface area contributed by atoms with Gasteiger partial charge >= 0.3 is 0 Å². The lowest BCUT2D eigenvalue weighted by molar-refractivity contribution is 0.185. The minimum atomic E-state index is -3.57. The van der Waals surface area contributed by atoms with E-state index < -0.39 is 10.0 Å². The molecule has 3 rings (SSSR count). The number of sulfonamides is 1. The highest BCUT2D eigenvalue weighted by Gasteiger charge is 2.19. The molecule has 1 aliphatic carbocycles. The number of rotatable bonds is 7. The Labute approximate surface area is 163 Å². The standard InChI is InChI=1S/C22H28N2O2S/c1-24(21-13-6-3-7-14-21)18-20-12-8-9-15-22(20)23-27(25,26)17-16-19-10-4-2-5-11-19/h2,4-5,8-12,15-17,21,23H,3,6-7,13-14,18H2,1H3. The van der Waals surface area contributed by atoms with E-state index in [-0.39, 0.29) is 0 Å². The van der Waals surface area contributed by atoms with Crippen LogP contribution in [0.1, 0.15) is 43.2 Å². The van der Waals surface area contributed by atoms with Crippen LogP contribution in [0.15, 0.2) is 60.0 Å². The first-order chi connectivity index (χ1) is 13.0. The molecule has 0 unspecified atom stereocenters. The molecule has 5 heteroatoms. The molecule has 4 nitrogen and oxygen atoms in total. The van der Waals surface area contributed by atoms with Gasteiger partial charge in [0.15, 0.2) is 0 Å². The van der Waals surface area contributed by atoms with Crippen molar-refractivity contribution in [1.29, 1.82) is 0 Å². The third-order valence-electron chi connectivity index (χ3n) is 5.13. The highest BCUT2D eigenvalue weighted by Crippen LogP contribution is 2.25. The summed E-state index contributed by atoms with van der Waals surface area (Å²) in [5, 5.41) is 1.23. The van der Waals surface area contributed by atoms with Crippen molar-refractivity contribution in [1.82, 2.24) is 4.90 Å². The SMILES string of the molecule is CN(Cc1ccccc1NS(=O)(=O)C=Cc1ccccc1)C1CCCCC1. The molecular weight excluding hydrogens is 356 g/mol. The van der Waals surface area contributed by atoms with Gasteiger partial charge in [0.1, 0.15) is 0 Å². The van der Waals surface area contributed by atoms with Crippen molar-refractivity contribution in [3.63, 3.8) is 0 Å². The predicted octanol–water partition coefficient (Wildman–Crippen LogP) is 4.86. The van der Waals surface area contributed by atoms with Crippen molar-refractivity contribution < 1.29 is 8.42 Å². The van der Waals surface area contributed by atoms with E-state index in [0.717, 1.165) is 17.7 Å². The molecule has 0 aromatic heterocycles. The van der Waals surface area contributed by atoms with E-state index in [1.165, 1.54) is 37.5 Å². The molecule has 0 radical (unpaired) electrons. The molecule has 0 amide bonds. The number of anilines is 1. The zero-order chi connectivity index (χ0) is 19.1. The van der Waals surface area contributed by atoms with E-state index in [4.69, 9.17) is 0 Å². The number of benzene rings is 2. The summed E-state index contributed by atoms with van der Waals surface area (Å²) in [6.45, 7) is 0.742. The van der Waals surface area contributed by atoms with Crippen LogP contribution in [0.5, 0.6) is 0 Å². The fourth-order valence-electron chi connectivity index (χ4n) is 3.60. The Morgan fingerprint density at radius 3 is 2.41 bits per heavy atom. The normalized spacial score (nSPS) is 16.1. The van der Waals surface area contributed by atoms with Crippen molar-refractivity contribution in [3.05, 3.63) is 71.1 Å². The number of nitrogens with one attached hydrogen (secondary N) is 1. The average molecular weight is 385 g/mol. The molecule has 27 heavy (non-hydrogen) atoms. The van der Waals surface area contributed by atoms with Crippen LogP contribution in [0.3, 0.4) is 0 Å². The van der Waals surface area contributed by atoms with Gasteiger partial charge in [-0.3, -0.25) is 9.62 Å². The van der Waals surface area contributed by atoms with Crippen LogP contribution in [0.2, 0.25) is 0 Å². The smallest absolute Gasteiger partial charge is 0.255 e. The zero-order valence-corrected chi connectivity index (χ0v) is 16.7. The first-order valence-electron chi connectivity index (χ1n) is 9.57. The summed E-state index contributed by atoms with van der Waals surface area (Å²) in [4.78, 5) is 2.35. The lowest BCUT2D eigenvalue weighted by Crippen LogP contribution is -2.33. The van der Waals surface area contributed by atoms with Crippen LogP contribution in [0.4, 0.5) is 5.69 Å². The fraction of sp³-hybridized carbons (Fsp3) is 0.364. The highest BCUT2D eigenvalue weighted by atomic mass is 32.2. The van der Waals surface area contributed by atoms with Gasteiger partial charge in [-0.1, -0.05) is 67.8 Å². The van der Waals surface area contributed by atoms with E-state index in [0.29, 0.717) is 11.7 Å². The van der Waals surface area contributed by atoms with Gasteiger partial charge < -0.3 is 0 Å². The first-order valence-corrected chi connectivity index (χ1v) is 11.1. The average Bonchev–Trinajstić information content (AvgIpc) is 2.69. The van der Waals surface area contributed by atoms with Crippen molar-refractivity contribution >= 4 is 21.8 Å². The van der Waals surface area contributed by atoms with E-state index in [9.17, 15) is 8.42 Å². The molecule has 144 valence electrons. The Balaban J connectivity index is 1.70. The fourth-order valence-corrected chi connectivity index (χ4v) is 4.51. The van der Waals surface area contributed by atoms with Gasteiger partial charge in [0, 0.05) is 12.6 Å². The molecule has 1 aliphatic rings. The summed E-state index contributed by atoms with van der Waals surface area (Å²) < 4.78 is 27.7. The highest BCUT2D eigenvalue weighted by molar-refractivity contribution is 7.95. The maximum absolute atomic E-state index is 12.5. The van der Waals surface area contributed by atoms with Crippen LogP contribution < -0.4 is 4.72 Å². The Morgan fingerprint density at radius 2 is 1.67 bits per heavy atom. The summed E-state index contributed by atoms with van der Waals surface area (Å²) in [5.74, 6) is 0. The van der Waals surface area contributed by atoms with Crippen molar-refractivity contribution in [2.75, 3.05) is 11.8 Å². The van der Waals surface area contributed by atoms with Gasteiger partial charge in [0.2, 0.25) is 0 Å². The van der Waals surface area contributed by atoms with Crippen molar-refractivity contribution in [2.24, 2.45) is 0 Å². The molecular formula is C22H28N2O2S. The van der Waals surface area contributed by atoms with Crippen molar-refractivity contribution in [3.8, 4) is 0 Å². The van der Waals surface area contributed by atoms with Crippen molar-refractivity contribution in [2.45, 2.75) is 44.7 Å². The van der Waals surface area contributed by atoms with E-state index in [1.807, 2.05) is 54.6 Å². The molecule has 0 atom stereocenters. The lowest BCUT2D eigenvalue weighted by atomic mass is 9.94. The van der Waals surface area contributed by atoms with Gasteiger partial charge in [-0.15, -0.1) is 0 Å². The topological polar surface area (TPSA) is 49.4 Å². The maximum Gasteiger partial charge on any atom is 0.255 e. The van der Waals surface area contributed by atoms with E-state index in [1.54, 1.807) is 6.08 Å². The summed E-state index contributed by atoms with van der Waals surface area (Å²) in [6.07, 6.45) is 7.96. The molecule has 1 saturated carbocycles. The van der Waals surface area contributed by atoms with Crippen LogP contribution in [0, 0.1) is 0 Å². The number of hydrogen-bond acceptors (Lipinski definition) is 3. The van der Waals surface area contributed by atoms with Crippen LogP contribution in [-0.2, 0) is 16.6 Å². The number of hydrogen-bond donors (Lipinski definition) is 1. The second-order valence-corrected chi connectivity index (χ2v) is 8.79. The van der Waals surface area contributed by atoms with Gasteiger partial charge in [0.05, 0.1) is 11.1 Å². The minimum Gasteiger partial charge on any atom is -0.299 e. The largest absolute Gasteiger partial charge is 0.299 e. The zero-order valence-electron chi connectivity index (χ0n) is 15.8. The Hall–Kier alpha value is -2.11. The lowest BCUT2D eigenvalue weighted by Gasteiger charge is -2.31. The Morgan fingerprint density at radius 1 is 1.00 bits per heavy atom. The molecule has 0 saturated heterocycles. The second kappa shape index (κ2) is 9.20. The maximum atomic E-state index is 12.5. The van der Waals surface area contributed by atoms with Crippen LogP contribution >= 0.6 is 0 Å². The minimum absolute atomic E-state index is 0.585. The molecule has 0 aliphatic heterocycles. The Bertz CT molecular complexity index is 857. The molecule has 2 aromatic carbocycles. The molecule has 2 aromatic rings. The summed E-state index contributed by atoms with van der Waals surface area (Å²) in [6, 6.07) is 17.7. The first kappa shape index (κ1) is 19.6. The van der Waals surface area contributed by atoms with Gasteiger partial charge in [-0.25, -0.2) is 8.42 Å². The van der Waals surface area contributed by atoms with Gasteiger partial charge in [-0.05, 0) is 43.2 Å². The quantitative estimate of drug-likeness (QED) is 0.741. The summed E-state index contributed by atoms with van der Waals surface area (Å²) >= 11 is 0. The molecule has 1 N–H and O–H groups in total. The predicted molar refractivity (Wildman–Crippen MR) is 113 cm³/mol. The number of nitrogens with zero attached hydrogens (tertiary/aromatic N) is 1. The van der Waals surface area contributed by atoms with E-state index in [2.05, 4.69) is 16.7 Å². The van der Waals surface area contributed by atoms with Gasteiger partial charge in [-0.2, -0.15) is 0 Å². The number of para-hydroxylation sites is 1. The summed E-state index contributed by atoms with van der Waals surface area (Å²) in [5.41, 5.74) is 2.51. The molecule has 0 bridgehead atoms. The molecule has 1 fully saturated rings. The second-order valence-electron chi connectivity index (χ2n) is 7.22. The van der Waals surface area contributed by atoms with Crippen LogP contribution in [0.25, 0.3) is 6.08 Å². The van der Waals surface area contributed by atoms with Gasteiger partial charge in [0.25, 0.3) is 10.0 Å². The van der Waals surface area contributed by atoms with E-state index >= 15 is 0 Å². The monoisotopic (exact) mass is 384 g/mol. The third-order valence-corrected chi connectivity index (χ3v) is 6.13. The van der Waals surface area contributed by atoms with Crippen LogP contribution in [-0.4, -0.2) is 26.4 Å². The third kappa shape index (κ3) is 5.94. The molecule has 0 heterocycles. The molecule has 0 spiro atoms. The summed E-state index contributed by atoms with van der Waals surface area (Å²) in [7, 11) is -1.43.